The largest absolute Gasteiger partial charge is 0.342 e. The third kappa shape index (κ3) is 6.64. The van der Waals surface area contributed by atoms with Gasteiger partial charge < -0.3 is 10.6 Å². The molecule has 0 saturated carbocycles. The van der Waals surface area contributed by atoms with Crippen LogP contribution in [0.15, 0.2) is 24.5 Å². The minimum Gasteiger partial charge on any atom is -0.342 e. The molecule has 0 aromatic carbocycles. The summed E-state index contributed by atoms with van der Waals surface area (Å²) in [4.78, 5) is 18.2. The summed E-state index contributed by atoms with van der Waals surface area (Å²) in [6, 6.07) is 3.95. The Kier molecular flexibility index (Phi) is 10.4. The molecule has 1 fully saturated rings. The molecule has 1 aliphatic heterocycles. The summed E-state index contributed by atoms with van der Waals surface area (Å²) >= 11 is 0. The molecule has 120 valence electrons. The van der Waals surface area contributed by atoms with Crippen LogP contribution >= 0.6 is 24.8 Å². The molecule has 1 atom stereocenters. The zero-order valence-corrected chi connectivity index (χ0v) is 13.9. The van der Waals surface area contributed by atoms with Gasteiger partial charge in [0.25, 0.3) is 0 Å². The Morgan fingerprint density at radius 2 is 2.05 bits per heavy atom. The molecule has 1 saturated heterocycles. The standard InChI is InChI=1S/C15H23N3O.2ClH/c16-8-5-14-2-1-11-18(12-14)15(19)4-3-13-6-9-17-10-7-13;;/h6-7,9-10,14H,1-5,8,11-12,16H2;2*1H. The van der Waals surface area contributed by atoms with Gasteiger partial charge in [0.15, 0.2) is 0 Å². The number of piperidine rings is 1. The van der Waals surface area contributed by atoms with E-state index < -0.39 is 0 Å². The number of amides is 1. The second-order valence-corrected chi connectivity index (χ2v) is 5.28. The fourth-order valence-electron chi connectivity index (χ4n) is 2.72. The van der Waals surface area contributed by atoms with Gasteiger partial charge in [0.2, 0.25) is 5.91 Å². The van der Waals surface area contributed by atoms with Crippen molar-refractivity contribution in [3.05, 3.63) is 30.1 Å². The molecule has 2 rings (SSSR count). The van der Waals surface area contributed by atoms with E-state index in [2.05, 4.69) is 4.98 Å². The van der Waals surface area contributed by atoms with Gasteiger partial charge in [0.1, 0.15) is 0 Å². The highest BCUT2D eigenvalue weighted by Gasteiger charge is 2.22. The minimum absolute atomic E-state index is 0. The SMILES string of the molecule is Cl.Cl.NCCC1CCCN(C(=O)CCc2ccncc2)C1. The molecule has 1 amide bonds. The molecule has 6 heteroatoms. The molecule has 2 N–H and O–H groups in total. The molecule has 0 spiro atoms. The predicted molar refractivity (Wildman–Crippen MR) is 90.0 cm³/mol. The first-order valence-corrected chi connectivity index (χ1v) is 7.16. The van der Waals surface area contributed by atoms with Crippen molar-refractivity contribution in [1.29, 1.82) is 0 Å². The van der Waals surface area contributed by atoms with Crippen molar-refractivity contribution < 1.29 is 4.79 Å². The fourth-order valence-corrected chi connectivity index (χ4v) is 2.72. The maximum atomic E-state index is 12.2. The van der Waals surface area contributed by atoms with Crippen LogP contribution in [0.4, 0.5) is 0 Å². The summed E-state index contributed by atoms with van der Waals surface area (Å²) in [5, 5.41) is 0. The van der Waals surface area contributed by atoms with Crippen LogP contribution in [0.5, 0.6) is 0 Å². The zero-order chi connectivity index (χ0) is 13.5. The van der Waals surface area contributed by atoms with Crippen molar-refractivity contribution in [2.24, 2.45) is 11.7 Å². The van der Waals surface area contributed by atoms with Crippen LogP contribution in [0, 0.1) is 5.92 Å². The van der Waals surface area contributed by atoms with Crippen molar-refractivity contribution in [2.75, 3.05) is 19.6 Å². The van der Waals surface area contributed by atoms with Crippen molar-refractivity contribution in [3.8, 4) is 0 Å². The Morgan fingerprint density at radius 1 is 1.33 bits per heavy atom. The van der Waals surface area contributed by atoms with E-state index in [-0.39, 0.29) is 30.7 Å². The number of hydrogen-bond acceptors (Lipinski definition) is 3. The third-order valence-corrected chi connectivity index (χ3v) is 3.82. The Morgan fingerprint density at radius 3 is 2.71 bits per heavy atom. The number of aromatic nitrogens is 1. The number of carbonyl (C=O) groups excluding carboxylic acids is 1. The van der Waals surface area contributed by atoms with E-state index in [1.165, 1.54) is 12.0 Å². The summed E-state index contributed by atoms with van der Waals surface area (Å²) < 4.78 is 0. The summed E-state index contributed by atoms with van der Waals surface area (Å²) in [7, 11) is 0. The molecule has 1 aliphatic rings. The minimum atomic E-state index is 0. The van der Waals surface area contributed by atoms with Crippen molar-refractivity contribution >= 4 is 30.7 Å². The molecule has 4 nitrogen and oxygen atoms in total. The van der Waals surface area contributed by atoms with Gasteiger partial charge in [-0.25, -0.2) is 0 Å². The topological polar surface area (TPSA) is 59.2 Å². The number of carbonyl (C=O) groups is 1. The van der Waals surface area contributed by atoms with Gasteiger partial charge in [-0.2, -0.15) is 0 Å². The van der Waals surface area contributed by atoms with Gasteiger partial charge in [0.05, 0.1) is 0 Å². The van der Waals surface area contributed by atoms with Crippen LogP contribution in [0.3, 0.4) is 0 Å². The van der Waals surface area contributed by atoms with E-state index in [4.69, 9.17) is 5.73 Å². The van der Waals surface area contributed by atoms with E-state index in [9.17, 15) is 4.79 Å². The number of nitrogens with two attached hydrogens (primary N) is 1. The fraction of sp³-hybridized carbons (Fsp3) is 0.600. The van der Waals surface area contributed by atoms with E-state index in [1.54, 1.807) is 12.4 Å². The van der Waals surface area contributed by atoms with Gasteiger partial charge in [-0.15, -0.1) is 24.8 Å². The third-order valence-electron chi connectivity index (χ3n) is 3.82. The summed E-state index contributed by atoms with van der Waals surface area (Å²) in [6.45, 7) is 2.53. The molecular formula is C15H25Cl2N3O. The second-order valence-electron chi connectivity index (χ2n) is 5.28. The second kappa shape index (κ2) is 10.8. The zero-order valence-electron chi connectivity index (χ0n) is 12.2. The lowest BCUT2D eigenvalue weighted by Crippen LogP contribution is -2.40. The maximum Gasteiger partial charge on any atom is 0.222 e. The van der Waals surface area contributed by atoms with Crippen LogP contribution in [0.25, 0.3) is 0 Å². The number of likely N-dealkylation sites (tertiary alicyclic amines) is 1. The van der Waals surface area contributed by atoms with Crippen LogP contribution < -0.4 is 5.73 Å². The average Bonchev–Trinajstić information content (AvgIpc) is 2.46. The van der Waals surface area contributed by atoms with Crippen molar-refractivity contribution in [1.82, 2.24) is 9.88 Å². The van der Waals surface area contributed by atoms with Crippen molar-refractivity contribution in [3.63, 3.8) is 0 Å². The lowest BCUT2D eigenvalue weighted by Gasteiger charge is -2.32. The lowest BCUT2D eigenvalue weighted by molar-refractivity contribution is -0.133. The molecule has 1 unspecified atom stereocenters. The number of aryl methyl sites for hydroxylation is 1. The molecule has 1 aromatic heterocycles. The van der Waals surface area contributed by atoms with E-state index in [0.717, 1.165) is 38.9 Å². The molecule has 1 aromatic rings. The normalized spacial score (nSPS) is 17.6. The smallest absolute Gasteiger partial charge is 0.222 e. The number of halogens is 2. The monoisotopic (exact) mass is 333 g/mol. The van der Waals surface area contributed by atoms with Gasteiger partial charge in [-0.3, -0.25) is 9.78 Å². The van der Waals surface area contributed by atoms with Gasteiger partial charge in [-0.1, -0.05) is 0 Å². The van der Waals surface area contributed by atoms with Gasteiger partial charge in [0, 0.05) is 31.9 Å². The van der Waals surface area contributed by atoms with Gasteiger partial charge in [-0.05, 0) is 55.8 Å². The first-order chi connectivity index (χ1) is 9.29. The van der Waals surface area contributed by atoms with Crippen LogP contribution in [-0.2, 0) is 11.2 Å². The van der Waals surface area contributed by atoms with Crippen LogP contribution in [0.2, 0.25) is 0 Å². The van der Waals surface area contributed by atoms with Crippen LogP contribution in [-0.4, -0.2) is 35.4 Å². The van der Waals surface area contributed by atoms with E-state index in [0.29, 0.717) is 12.3 Å². The van der Waals surface area contributed by atoms with E-state index in [1.807, 2.05) is 17.0 Å². The quantitative estimate of drug-likeness (QED) is 0.900. The highest BCUT2D eigenvalue weighted by molar-refractivity contribution is 5.85. The summed E-state index contributed by atoms with van der Waals surface area (Å²) in [5.41, 5.74) is 6.79. The number of rotatable bonds is 5. The summed E-state index contributed by atoms with van der Waals surface area (Å²) in [6.07, 6.45) is 8.32. The number of nitrogens with zero attached hydrogens (tertiary/aromatic N) is 2. The Bertz CT molecular complexity index is 401. The van der Waals surface area contributed by atoms with Gasteiger partial charge >= 0.3 is 0 Å². The highest BCUT2D eigenvalue weighted by atomic mass is 35.5. The summed E-state index contributed by atoms with van der Waals surface area (Å²) in [5.74, 6) is 0.877. The Labute approximate surface area is 139 Å². The lowest BCUT2D eigenvalue weighted by atomic mass is 9.94. The predicted octanol–water partition coefficient (Wildman–Crippen LogP) is 2.45. The molecule has 2 heterocycles. The molecule has 0 bridgehead atoms. The number of hydrogen-bond donors (Lipinski definition) is 1. The highest BCUT2D eigenvalue weighted by Crippen LogP contribution is 2.19. The number of pyridine rings is 1. The Hall–Kier alpha value is -0.840. The molecule has 21 heavy (non-hydrogen) atoms. The average molecular weight is 334 g/mol. The van der Waals surface area contributed by atoms with Crippen molar-refractivity contribution in [2.45, 2.75) is 32.1 Å². The molecule has 0 radical (unpaired) electrons. The first-order valence-electron chi connectivity index (χ1n) is 7.16. The first kappa shape index (κ1) is 20.2. The molecule has 0 aliphatic carbocycles. The Balaban J connectivity index is 0.00000200. The maximum absolute atomic E-state index is 12.2. The molecular weight excluding hydrogens is 309 g/mol. The van der Waals surface area contributed by atoms with E-state index >= 15 is 0 Å². The van der Waals surface area contributed by atoms with Crippen LogP contribution in [0.1, 0.15) is 31.2 Å².